The van der Waals surface area contributed by atoms with Crippen molar-refractivity contribution < 1.29 is 4.79 Å². The zero-order valence-corrected chi connectivity index (χ0v) is 17.4. The van der Waals surface area contributed by atoms with Crippen LogP contribution in [-0.4, -0.2) is 46.7 Å². The van der Waals surface area contributed by atoms with Crippen LogP contribution in [0, 0.1) is 18.8 Å². The number of benzene rings is 1. The molecule has 2 fully saturated rings. The largest absolute Gasteiger partial charge is 0.352 e. The van der Waals surface area contributed by atoms with Crippen molar-refractivity contribution in [2.45, 2.75) is 51.7 Å². The molecule has 2 bridgehead atoms. The van der Waals surface area contributed by atoms with Crippen LogP contribution in [0.1, 0.15) is 42.5 Å². The van der Waals surface area contributed by atoms with Gasteiger partial charge in [-0.1, -0.05) is 30.3 Å². The number of carbonyl (C=O) groups is 1. The zero-order valence-electron chi connectivity index (χ0n) is 17.4. The molecule has 3 N–H and O–H groups in total. The summed E-state index contributed by atoms with van der Waals surface area (Å²) in [6.07, 6.45) is 5.72. The normalized spacial score (nSPS) is 24.4. The van der Waals surface area contributed by atoms with Gasteiger partial charge in [0.1, 0.15) is 0 Å². The number of H-pyrrole nitrogens is 1. The smallest absolute Gasteiger partial charge is 0.220 e. The van der Waals surface area contributed by atoms with Crippen LogP contribution in [0.25, 0.3) is 0 Å². The molecule has 0 unspecified atom stereocenters. The summed E-state index contributed by atoms with van der Waals surface area (Å²) < 4.78 is 0. The van der Waals surface area contributed by atoms with Gasteiger partial charge in [0.15, 0.2) is 0 Å². The van der Waals surface area contributed by atoms with E-state index in [4.69, 9.17) is 0 Å². The average Bonchev–Trinajstić information content (AvgIpc) is 3.14. The van der Waals surface area contributed by atoms with Crippen molar-refractivity contribution in [3.05, 3.63) is 53.3 Å². The maximum absolute atomic E-state index is 12.2. The first-order chi connectivity index (χ1) is 14.2. The number of aromatic nitrogens is 2. The number of amides is 1. The molecule has 2 aliphatic rings. The lowest BCUT2D eigenvalue weighted by Crippen LogP contribution is -2.55. The third-order valence-electron chi connectivity index (χ3n) is 6.46. The topological polar surface area (TPSA) is 73.0 Å². The van der Waals surface area contributed by atoms with E-state index in [-0.39, 0.29) is 5.91 Å². The number of hydrogen-bond donors (Lipinski definition) is 3. The van der Waals surface area contributed by atoms with Gasteiger partial charge in [-0.3, -0.25) is 14.8 Å². The molecule has 2 aromatic rings. The molecule has 0 radical (unpaired) electrons. The van der Waals surface area contributed by atoms with Gasteiger partial charge in [0, 0.05) is 49.9 Å². The second kappa shape index (κ2) is 9.55. The molecule has 156 valence electrons. The van der Waals surface area contributed by atoms with Crippen LogP contribution in [0.15, 0.2) is 36.5 Å². The van der Waals surface area contributed by atoms with E-state index < -0.39 is 0 Å². The fraction of sp³-hybridized carbons (Fsp3) is 0.565. The highest BCUT2D eigenvalue weighted by molar-refractivity contribution is 5.75. The van der Waals surface area contributed by atoms with Crippen LogP contribution < -0.4 is 10.6 Å². The summed E-state index contributed by atoms with van der Waals surface area (Å²) in [7, 11) is 0. The number of carbonyl (C=O) groups excluding carboxylic acids is 1. The molecule has 2 aliphatic heterocycles. The second-order valence-corrected chi connectivity index (χ2v) is 8.75. The van der Waals surface area contributed by atoms with E-state index in [1.165, 1.54) is 18.5 Å². The third-order valence-corrected chi connectivity index (χ3v) is 6.46. The Morgan fingerprint density at radius 3 is 2.93 bits per heavy atom. The molecule has 4 rings (SSSR count). The lowest BCUT2D eigenvalue weighted by Gasteiger charge is -2.46. The van der Waals surface area contributed by atoms with Crippen LogP contribution in [0.5, 0.6) is 0 Å². The number of likely N-dealkylation sites (tertiary alicyclic amines) is 1. The van der Waals surface area contributed by atoms with Crippen LogP contribution in [0.4, 0.5) is 0 Å². The Labute approximate surface area is 173 Å². The minimum absolute atomic E-state index is 0.133. The average molecular weight is 396 g/mol. The van der Waals surface area contributed by atoms with Crippen LogP contribution >= 0.6 is 0 Å². The Morgan fingerprint density at radius 1 is 1.28 bits per heavy atom. The predicted molar refractivity (Wildman–Crippen MR) is 114 cm³/mol. The summed E-state index contributed by atoms with van der Waals surface area (Å²) in [6.45, 7) is 7.05. The summed E-state index contributed by atoms with van der Waals surface area (Å²) in [5, 5.41) is 13.7. The van der Waals surface area contributed by atoms with E-state index in [0.29, 0.717) is 24.9 Å². The maximum atomic E-state index is 12.2. The number of aryl methyl sites for hydroxylation is 1. The molecule has 1 aromatic carbocycles. The van der Waals surface area contributed by atoms with E-state index in [0.717, 1.165) is 49.7 Å². The monoisotopic (exact) mass is 395 g/mol. The zero-order chi connectivity index (χ0) is 20.1. The molecular weight excluding hydrogens is 362 g/mol. The van der Waals surface area contributed by atoms with Gasteiger partial charge in [-0.25, -0.2) is 0 Å². The van der Waals surface area contributed by atoms with Gasteiger partial charge in [0.25, 0.3) is 0 Å². The fourth-order valence-electron chi connectivity index (χ4n) is 4.90. The lowest BCUT2D eigenvalue weighted by atomic mass is 9.79. The highest BCUT2D eigenvalue weighted by atomic mass is 16.1. The molecule has 0 aliphatic carbocycles. The molecule has 0 spiro atoms. The van der Waals surface area contributed by atoms with Crippen molar-refractivity contribution in [3.8, 4) is 0 Å². The van der Waals surface area contributed by atoms with Gasteiger partial charge in [-0.05, 0) is 50.1 Å². The van der Waals surface area contributed by atoms with Gasteiger partial charge in [-0.2, -0.15) is 5.10 Å². The molecule has 6 heteroatoms. The lowest BCUT2D eigenvalue weighted by molar-refractivity contribution is -0.121. The molecule has 3 atom stereocenters. The summed E-state index contributed by atoms with van der Waals surface area (Å²) >= 11 is 0. The van der Waals surface area contributed by atoms with Crippen molar-refractivity contribution >= 4 is 5.91 Å². The van der Waals surface area contributed by atoms with Crippen LogP contribution in [-0.2, 0) is 17.9 Å². The SMILES string of the molecule is Cc1[nH]ncc1CNC(=O)CCC[C@H]1NC[C@@H]2C[C@H]1CN(Cc1ccccc1)C2. The van der Waals surface area contributed by atoms with Gasteiger partial charge >= 0.3 is 0 Å². The van der Waals surface area contributed by atoms with E-state index in [9.17, 15) is 4.79 Å². The number of aromatic amines is 1. The highest BCUT2D eigenvalue weighted by Crippen LogP contribution is 2.31. The summed E-state index contributed by atoms with van der Waals surface area (Å²) in [4.78, 5) is 14.8. The summed E-state index contributed by atoms with van der Waals surface area (Å²) in [5.74, 6) is 1.59. The highest BCUT2D eigenvalue weighted by Gasteiger charge is 2.35. The van der Waals surface area contributed by atoms with Crippen molar-refractivity contribution in [1.29, 1.82) is 0 Å². The van der Waals surface area contributed by atoms with Crippen LogP contribution in [0.3, 0.4) is 0 Å². The van der Waals surface area contributed by atoms with Crippen molar-refractivity contribution in [1.82, 2.24) is 25.7 Å². The number of nitrogens with one attached hydrogen (secondary N) is 3. The first-order valence-electron chi connectivity index (χ1n) is 10.9. The molecule has 2 saturated heterocycles. The number of piperidine rings is 2. The molecule has 29 heavy (non-hydrogen) atoms. The summed E-state index contributed by atoms with van der Waals surface area (Å²) in [5.41, 5.74) is 3.48. The van der Waals surface area contributed by atoms with Crippen molar-refractivity contribution in [2.75, 3.05) is 19.6 Å². The van der Waals surface area contributed by atoms with E-state index in [1.807, 2.05) is 6.92 Å². The van der Waals surface area contributed by atoms with Gasteiger partial charge in [0.05, 0.1) is 6.20 Å². The van der Waals surface area contributed by atoms with E-state index in [2.05, 4.69) is 56.1 Å². The van der Waals surface area contributed by atoms with Gasteiger partial charge < -0.3 is 10.6 Å². The fourth-order valence-corrected chi connectivity index (χ4v) is 4.90. The number of fused-ring (bicyclic) bond motifs is 2. The minimum Gasteiger partial charge on any atom is -0.352 e. The minimum atomic E-state index is 0.133. The number of rotatable bonds is 8. The third kappa shape index (κ3) is 5.46. The van der Waals surface area contributed by atoms with Crippen LogP contribution in [0.2, 0.25) is 0 Å². The second-order valence-electron chi connectivity index (χ2n) is 8.75. The molecule has 3 heterocycles. The van der Waals surface area contributed by atoms with Crippen molar-refractivity contribution in [2.24, 2.45) is 11.8 Å². The van der Waals surface area contributed by atoms with E-state index >= 15 is 0 Å². The Kier molecular flexibility index (Phi) is 6.62. The first-order valence-corrected chi connectivity index (χ1v) is 10.9. The van der Waals surface area contributed by atoms with Gasteiger partial charge in [0.2, 0.25) is 5.91 Å². The molecule has 0 saturated carbocycles. The maximum Gasteiger partial charge on any atom is 0.220 e. The Morgan fingerprint density at radius 2 is 2.14 bits per heavy atom. The molecule has 1 aromatic heterocycles. The molecule has 1 amide bonds. The first kappa shape index (κ1) is 20.1. The quantitative estimate of drug-likeness (QED) is 0.642. The molecular formula is C23H33N5O. The Hall–Kier alpha value is -2.18. The van der Waals surface area contributed by atoms with Gasteiger partial charge in [-0.15, -0.1) is 0 Å². The van der Waals surface area contributed by atoms with Crippen molar-refractivity contribution in [3.63, 3.8) is 0 Å². The van der Waals surface area contributed by atoms with E-state index in [1.54, 1.807) is 6.20 Å². The summed E-state index contributed by atoms with van der Waals surface area (Å²) in [6, 6.07) is 11.3. The predicted octanol–water partition coefficient (Wildman–Crippen LogP) is 2.61. The number of hydrogen-bond acceptors (Lipinski definition) is 4. The Balaban J connectivity index is 1.20. The Bertz CT molecular complexity index is 790. The molecule has 6 nitrogen and oxygen atoms in total. The standard InChI is InChI=1S/C23H33N5O/c1-17-21(13-26-27-17)12-25-23(29)9-5-8-22-20-10-19(11-24-22)15-28(16-20)14-18-6-3-2-4-7-18/h2-4,6-7,13,19-20,22,24H,5,8-12,14-16H2,1H3,(H,25,29)(H,26,27)/t19-,20-,22+/m0/s1. The number of nitrogens with zero attached hydrogens (tertiary/aromatic N) is 2.